The summed E-state index contributed by atoms with van der Waals surface area (Å²) in [5.74, 6) is 0.873. The summed E-state index contributed by atoms with van der Waals surface area (Å²) in [5, 5.41) is 0. The predicted octanol–water partition coefficient (Wildman–Crippen LogP) is 10.4. The number of hydrogen-bond donors (Lipinski definition) is 0. The van der Waals surface area contributed by atoms with Crippen molar-refractivity contribution >= 4 is 53.1 Å². The van der Waals surface area contributed by atoms with Crippen molar-refractivity contribution in [2.45, 2.75) is 97.5 Å². The molecule has 3 rings (SSSR count). The van der Waals surface area contributed by atoms with Crippen molar-refractivity contribution in [3.63, 3.8) is 0 Å². The Morgan fingerprint density at radius 2 is 1.37 bits per heavy atom. The highest BCUT2D eigenvalue weighted by atomic mass is 79.9. The predicted molar refractivity (Wildman–Crippen MR) is 207 cm³/mol. The molecule has 0 saturated carbocycles. The fourth-order valence-corrected chi connectivity index (χ4v) is 19.1. The molecule has 8 nitrogen and oxygen atoms in total. The first-order valence-electron chi connectivity index (χ1n) is 17.1. The lowest BCUT2D eigenvalue weighted by Gasteiger charge is -2.37. The molecule has 0 aromatic heterocycles. The van der Waals surface area contributed by atoms with Crippen LogP contribution in [0, 0.1) is 0 Å². The van der Waals surface area contributed by atoms with E-state index in [1.165, 1.54) is 0 Å². The van der Waals surface area contributed by atoms with E-state index in [2.05, 4.69) is 61.8 Å². The van der Waals surface area contributed by atoms with Gasteiger partial charge >= 0.3 is 20.5 Å². The van der Waals surface area contributed by atoms with E-state index in [4.69, 9.17) is 27.2 Å². The lowest BCUT2D eigenvalue weighted by Crippen LogP contribution is -2.51. The Morgan fingerprint density at radius 3 is 1.94 bits per heavy atom. The maximum Gasteiger partial charge on any atom is 0.347 e. The van der Waals surface area contributed by atoms with Crippen LogP contribution in [-0.2, 0) is 17.8 Å². The van der Waals surface area contributed by atoms with Gasteiger partial charge in [0.2, 0.25) is 0 Å². The molecule has 0 amide bonds. The van der Waals surface area contributed by atoms with Crippen molar-refractivity contribution in [1.29, 1.82) is 0 Å². The van der Waals surface area contributed by atoms with Crippen LogP contribution < -0.4 is 14.2 Å². The molecular formula is C37H53BrO8Si3. The second kappa shape index (κ2) is 18.5. The van der Waals surface area contributed by atoms with E-state index in [1.54, 1.807) is 37.3 Å². The van der Waals surface area contributed by atoms with Crippen molar-refractivity contribution < 1.29 is 36.8 Å². The van der Waals surface area contributed by atoms with E-state index in [-0.39, 0.29) is 5.97 Å². The van der Waals surface area contributed by atoms with Gasteiger partial charge in [-0.1, -0.05) is 44.0 Å². The van der Waals surface area contributed by atoms with E-state index >= 15 is 0 Å². The molecule has 0 radical (unpaired) electrons. The fraction of sp³-hybridized carbons (Fsp3) is 0.459. The standard InChI is InChI=1S/C37H53BrO8Si3/c1-10-11-24-42-36(39)28(2)43-32-19-14-29(15-20-32)30-16-21-33(22-17-30)44-37(40)31-18-23-35(34(38)27-31)41-25-12-13-26-48(6,7)46-49(8,9)45-47(3,4)5/h14-23,27-28H,10-13,24-26H2,1-9H3. The zero-order valence-corrected chi connectivity index (χ0v) is 35.1. The summed E-state index contributed by atoms with van der Waals surface area (Å²) < 4.78 is 36.3. The van der Waals surface area contributed by atoms with Crippen LogP contribution in [0.5, 0.6) is 17.2 Å². The summed E-state index contributed by atoms with van der Waals surface area (Å²) in [5.41, 5.74) is 2.32. The van der Waals surface area contributed by atoms with Gasteiger partial charge in [-0.05, 0) is 141 Å². The minimum Gasteiger partial charge on any atom is -0.492 e. The molecule has 268 valence electrons. The second-order valence-electron chi connectivity index (χ2n) is 14.1. The summed E-state index contributed by atoms with van der Waals surface area (Å²) in [7, 11) is -5.62. The third kappa shape index (κ3) is 14.6. The molecule has 0 heterocycles. The third-order valence-electron chi connectivity index (χ3n) is 7.31. The van der Waals surface area contributed by atoms with Gasteiger partial charge in [-0.2, -0.15) is 0 Å². The summed E-state index contributed by atoms with van der Waals surface area (Å²) in [4.78, 5) is 25.0. The Morgan fingerprint density at radius 1 is 0.755 bits per heavy atom. The molecule has 3 aromatic carbocycles. The molecule has 3 aromatic rings. The molecule has 0 N–H and O–H groups in total. The van der Waals surface area contributed by atoms with Crippen LogP contribution in [0.2, 0.25) is 51.9 Å². The highest BCUT2D eigenvalue weighted by Crippen LogP contribution is 2.29. The minimum absolute atomic E-state index is 0.373. The largest absolute Gasteiger partial charge is 0.492 e. The number of carbonyl (C=O) groups is 2. The van der Waals surface area contributed by atoms with Crippen molar-refractivity contribution in [2.75, 3.05) is 13.2 Å². The van der Waals surface area contributed by atoms with Crippen LogP contribution in [0.3, 0.4) is 0 Å². The molecule has 49 heavy (non-hydrogen) atoms. The molecular weight excluding hydrogens is 737 g/mol. The van der Waals surface area contributed by atoms with Crippen LogP contribution in [0.15, 0.2) is 71.2 Å². The van der Waals surface area contributed by atoms with Gasteiger partial charge in [0.1, 0.15) is 17.2 Å². The number of ether oxygens (including phenoxy) is 4. The lowest BCUT2D eigenvalue weighted by atomic mass is 10.1. The second-order valence-corrected chi connectivity index (χ2v) is 27.7. The van der Waals surface area contributed by atoms with E-state index in [0.717, 1.165) is 42.9 Å². The van der Waals surface area contributed by atoms with Crippen molar-refractivity contribution in [3.05, 3.63) is 76.8 Å². The molecule has 0 spiro atoms. The molecule has 12 heteroatoms. The highest BCUT2D eigenvalue weighted by Gasteiger charge is 2.37. The zero-order valence-electron chi connectivity index (χ0n) is 30.5. The number of hydrogen-bond acceptors (Lipinski definition) is 8. The Bertz CT molecular complexity index is 1510. The molecule has 0 aliphatic heterocycles. The van der Waals surface area contributed by atoms with Gasteiger partial charge in [0.05, 0.1) is 23.2 Å². The SMILES string of the molecule is CCCCOC(=O)C(C)Oc1ccc(-c2ccc(OC(=O)c3ccc(OCCCC[Si](C)(C)O[Si](C)(C)O[Si](C)(C)C)c(Br)c3)cc2)cc1. The topological polar surface area (TPSA) is 89.5 Å². The number of halogens is 1. The van der Waals surface area contributed by atoms with Crippen molar-refractivity contribution in [2.24, 2.45) is 0 Å². The van der Waals surface area contributed by atoms with Crippen LogP contribution >= 0.6 is 15.9 Å². The Kier molecular flexibility index (Phi) is 15.3. The molecule has 1 unspecified atom stereocenters. The Hall–Kier alpha value is -2.75. The van der Waals surface area contributed by atoms with Crippen LogP contribution in [0.4, 0.5) is 0 Å². The third-order valence-corrected chi connectivity index (χ3v) is 18.1. The highest BCUT2D eigenvalue weighted by molar-refractivity contribution is 9.10. The number of esters is 2. The monoisotopic (exact) mass is 788 g/mol. The molecule has 0 aliphatic rings. The Balaban J connectivity index is 1.45. The molecule has 0 fully saturated rings. The van der Waals surface area contributed by atoms with Gasteiger partial charge in [-0.25, -0.2) is 9.59 Å². The minimum atomic E-state index is -2.14. The van der Waals surface area contributed by atoms with E-state index < -0.39 is 37.3 Å². The lowest BCUT2D eigenvalue weighted by molar-refractivity contribution is -0.151. The first kappa shape index (κ1) is 40.7. The van der Waals surface area contributed by atoms with E-state index in [1.807, 2.05) is 43.3 Å². The number of benzene rings is 3. The van der Waals surface area contributed by atoms with Gasteiger partial charge in [-0.3, -0.25) is 0 Å². The van der Waals surface area contributed by atoms with Gasteiger partial charge in [0.15, 0.2) is 22.7 Å². The summed E-state index contributed by atoms with van der Waals surface area (Å²) in [6.45, 7) is 20.2. The fourth-order valence-electron chi connectivity index (χ4n) is 5.35. The number of rotatable bonds is 19. The van der Waals surface area contributed by atoms with Gasteiger partial charge in [-0.15, -0.1) is 0 Å². The average Bonchev–Trinajstić information content (AvgIpc) is 3.00. The van der Waals surface area contributed by atoms with Gasteiger partial charge < -0.3 is 27.2 Å². The normalized spacial score (nSPS) is 12.7. The van der Waals surface area contributed by atoms with Crippen LogP contribution in [0.1, 0.15) is 49.9 Å². The maximum absolute atomic E-state index is 12.9. The summed E-state index contributed by atoms with van der Waals surface area (Å²) in [6, 6.07) is 21.0. The van der Waals surface area contributed by atoms with Gasteiger partial charge in [0.25, 0.3) is 0 Å². The van der Waals surface area contributed by atoms with Crippen LogP contribution in [0.25, 0.3) is 11.1 Å². The average molecular weight is 790 g/mol. The summed E-state index contributed by atoms with van der Waals surface area (Å²) in [6.07, 6.45) is 3.04. The van der Waals surface area contributed by atoms with Crippen LogP contribution in [-0.4, -0.2) is 56.5 Å². The molecule has 0 saturated heterocycles. The molecule has 1 atom stereocenters. The maximum atomic E-state index is 12.9. The zero-order chi connectivity index (χ0) is 36.2. The van der Waals surface area contributed by atoms with E-state index in [0.29, 0.717) is 40.5 Å². The smallest absolute Gasteiger partial charge is 0.347 e. The van der Waals surface area contributed by atoms with E-state index in [9.17, 15) is 9.59 Å². The molecule has 0 aliphatic carbocycles. The summed E-state index contributed by atoms with van der Waals surface area (Å²) >= 11 is 3.55. The quantitative estimate of drug-likeness (QED) is 0.0513. The Labute approximate surface area is 304 Å². The van der Waals surface area contributed by atoms with Crippen molar-refractivity contribution in [1.82, 2.24) is 0 Å². The number of unbranched alkanes of at least 4 members (excludes halogenated alkanes) is 2. The van der Waals surface area contributed by atoms with Gasteiger partial charge in [0, 0.05) is 0 Å². The number of carbonyl (C=O) groups excluding carboxylic acids is 2. The first-order chi connectivity index (χ1) is 23.0. The molecule has 0 bridgehead atoms. The van der Waals surface area contributed by atoms with Crippen molar-refractivity contribution in [3.8, 4) is 28.4 Å². The first-order valence-corrected chi connectivity index (χ1v) is 27.2.